The van der Waals surface area contributed by atoms with Gasteiger partial charge >= 0.3 is 11.5 Å². The maximum atomic E-state index is 12.6. The molecule has 0 saturated carbocycles. The Morgan fingerprint density at radius 1 is 1.37 bits per heavy atom. The summed E-state index contributed by atoms with van der Waals surface area (Å²) in [6.07, 6.45) is -3.25. The zero-order valence-electron chi connectivity index (χ0n) is 8.83. The van der Waals surface area contributed by atoms with Gasteiger partial charge in [0.25, 0.3) is 6.43 Å². The molecule has 1 aromatic carbocycles. The number of hydrogen-bond donors (Lipinski definition) is 1. The molecule has 0 aliphatic heterocycles. The topological polar surface area (TPSA) is 61.1 Å². The molecule has 0 heterocycles. The summed E-state index contributed by atoms with van der Waals surface area (Å²) in [7, 11) is 0. The van der Waals surface area contributed by atoms with E-state index in [0.29, 0.717) is 12.1 Å². The van der Waals surface area contributed by atoms with Gasteiger partial charge in [-0.05, 0) is 23.9 Å². The molecule has 0 radical (unpaired) electrons. The minimum absolute atomic E-state index is 0.492. The Bertz CT molecular complexity index is 550. The van der Waals surface area contributed by atoms with Crippen molar-refractivity contribution < 1.29 is 31.9 Å². The first kappa shape index (κ1) is 15.2. The van der Waals surface area contributed by atoms with E-state index in [4.69, 9.17) is 10.4 Å². The third-order valence-corrected chi connectivity index (χ3v) is 2.73. The molecule has 0 bridgehead atoms. The summed E-state index contributed by atoms with van der Waals surface area (Å²) in [6.45, 7) is 0. The number of aromatic carboxylic acids is 1. The first-order valence-electron chi connectivity index (χ1n) is 4.51. The normalized spacial score (nSPS) is 11.4. The van der Waals surface area contributed by atoms with Crippen molar-refractivity contribution in [1.82, 2.24) is 0 Å². The van der Waals surface area contributed by atoms with Crippen LogP contribution in [0, 0.1) is 11.3 Å². The second-order valence-corrected chi connectivity index (χ2v) is 4.31. The smallest absolute Gasteiger partial charge is 0.446 e. The van der Waals surface area contributed by atoms with Crippen molar-refractivity contribution in [3.05, 3.63) is 28.8 Å². The second-order valence-electron chi connectivity index (χ2n) is 3.20. The third kappa shape index (κ3) is 3.82. The van der Waals surface area contributed by atoms with Crippen molar-refractivity contribution >= 4 is 17.7 Å². The minimum Gasteiger partial charge on any atom is -0.478 e. The molecule has 0 fully saturated rings. The molecule has 0 spiro atoms. The molecular weight excluding hydrogens is 293 g/mol. The second kappa shape index (κ2) is 5.44. The Labute approximate surface area is 107 Å². The number of nitriles is 1. The number of benzene rings is 1. The lowest BCUT2D eigenvalue weighted by molar-refractivity contribution is -0.0328. The largest absolute Gasteiger partial charge is 0.478 e. The van der Waals surface area contributed by atoms with Gasteiger partial charge in [-0.1, -0.05) is 0 Å². The molecule has 0 unspecified atom stereocenters. The van der Waals surface area contributed by atoms with E-state index in [1.54, 1.807) is 0 Å². The van der Waals surface area contributed by atoms with Crippen LogP contribution in [0.4, 0.5) is 22.0 Å². The Morgan fingerprint density at radius 2 is 1.95 bits per heavy atom. The molecule has 9 heteroatoms. The lowest BCUT2D eigenvalue weighted by atomic mass is 10.0. The summed E-state index contributed by atoms with van der Waals surface area (Å²) in [5, 5.41) is 17.3. The highest BCUT2D eigenvalue weighted by Crippen LogP contribution is 2.41. The fourth-order valence-corrected chi connectivity index (χ4v) is 1.96. The number of halogens is 5. The van der Waals surface area contributed by atoms with Crippen LogP contribution in [0.5, 0.6) is 0 Å². The van der Waals surface area contributed by atoms with Crippen molar-refractivity contribution in [3.8, 4) is 6.07 Å². The molecule has 19 heavy (non-hydrogen) atoms. The van der Waals surface area contributed by atoms with Crippen LogP contribution >= 0.6 is 11.8 Å². The maximum Gasteiger partial charge on any atom is 0.446 e. The fourth-order valence-electron chi connectivity index (χ4n) is 1.26. The zero-order valence-corrected chi connectivity index (χ0v) is 9.65. The predicted octanol–water partition coefficient (Wildman–Crippen LogP) is 3.81. The number of alkyl halides is 5. The van der Waals surface area contributed by atoms with Crippen LogP contribution in [0.15, 0.2) is 17.0 Å². The summed E-state index contributed by atoms with van der Waals surface area (Å²) < 4.78 is 62.0. The highest BCUT2D eigenvalue weighted by Gasteiger charge is 2.32. The number of nitrogens with zero attached hydrogens (tertiary/aromatic N) is 1. The standard InChI is InChI=1S/C10H4F5NO2S/c11-8(12)5-1-4(9(17)18)2-7(6(5)3-16)19-10(13,14)15/h1-2,8H,(H,17,18). The van der Waals surface area contributed by atoms with Gasteiger partial charge in [-0.2, -0.15) is 18.4 Å². The summed E-state index contributed by atoms with van der Waals surface area (Å²) in [4.78, 5) is 9.82. The first-order chi connectivity index (χ1) is 8.65. The number of hydrogen-bond acceptors (Lipinski definition) is 3. The molecule has 102 valence electrons. The quantitative estimate of drug-likeness (QED) is 0.681. The number of carboxylic acid groups (broad SMARTS) is 1. The zero-order chi connectivity index (χ0) is 14.8. The molecule has 0 amide bonds. The number of carbonyl (C=O) groups is 1. The van der Waals surface area contributed by atoms with Crippen LogP contribution < -0.4 is 0 Å². The summed E-state index contributed by atoms with van der Waals surface area (Å²) in [5.41, 5.74) is -7.46. The average Bonchev–Trinajstić information content (AvgIpc) is 2.25. The third-order valence-electron chi connectivity index (χ3n) is 1.95. The highest BCUT2D eigenvalue weighted by atomic mass is 32.2. The van der Waals surface area contributed by atoms with Crippen molar-refractivity contribution in [1.29, 1.82) is 5.26 Å². The molecule has 0 aliphatic rings. The minimum atomic E-state index is -4.82. The first-order valence-corrected chi connectivity index (χ1v) is 5.32. The van der Waals surface area contributed by atoms with Gasteiger partial charge in [0.2, 0.25) is 0 Å². The number of rotatable bonds is 3. The van der Waals surface area contributed by atoms with Crippen LogP contribution in [-0.4, -0.2) is 16.6 Å². The summed E-state index contributed by atoms with van der Waals surface area (Å²) in [5.74, 6) is -1.66. The lowest BCUT2D eigenvalue weighted by Gasteiger charge is -2.11. The van der Waals surface area contributed by atoms with E-state index in [1.165, 1.54) is 6.07 Å². The van der Waals surface area contributed by atoms with Crippen LogP contribution in [0.1, 0.15) is 27.9 Å². The monoisotopic (exact) mass is 297 g/mol. The molecule has 1 N–H and O–H groups in total. The van der Waals surface area contributed by atoms with E-state index >= 15 is 0 Å². The number of carboxylic acids is 1. The predicted molar refractivity (Wildman–Crippen MR) is 55.0 cm³/mol. The summed E-state index contributed by atoms with van der Waals surface area (Å²) in [6, 6.07) is 2.28. The van der Waals surface area contributed by atoms with Gasteiger partial charge in [-0.25, -0.2) is 13.6 Å². The Morgan fingerprint density at radius 3 is 2.32 bits per heavy atom. The van der Waals surface area contributed by atoms with Crippen LogP contribution in [0.25, 0.3) is 0 Å². The SMILES string of the molecule is N#Cc1c(SC(F)(F)F)cc(C(=O)O)cc1C(F)F. The average molecular weight is 297 g/mol. The Hall–Kier alpha value is -1.82. The van der Waals surface area contributed by atoms with Crippen molar-refractivity contribution in [3.63, 3.8) is 0 Å². The van der Waals surface area contributed by atoms with Crippen LogP contribution in [0.2, 0.25) is 0 Å². The van der Waals surface area contributed by atoms with Gasteiger partial charge < -0.3 is 5.11 Å². The molecule has 1 aromatic rings. The molecule has 0 saturated heterocycles. The maximum absolute atomic E-state index is 12.6. The van der Waals surface area contributed by atoms with E-state index in [1.807, 2.05) is 0 Å². The molecule has 0 atom stereocenters. The highest BCUT2D eigenvalue weighted by molar-refractivity contribution is 8.00. The Balaban J connectivity index is 3.50. The van der Waals surface area contributed by atoms with E-state index in [0.717, 1.165) is 0 Å². The van der Waals surface area contributed by atoms with E-state index in [2.05, 4.69) is 0 Å². The van der Waals surface area contributed by atoms with Gasteiger partial charge in [-0.3, -0.25) is 0 Å². The van der Waals surface area contributed by atoms with Crippen molar-refractivity contribution in [2.75, 3.05) is 0 Å². The van der Waals surface area contributed by atoms with E-state index in [9.17, 15) is 26.7 Å². The molecule has 3 nitrogen and oxygen atoms in total. The fraction of sp³-hybridized carbons (Fsp3) is 0.200. The van der Waals surface area contributed by atoms with Crippen LogP contribution in [0.3, 0.4) is 0 Å². The van der Waals surface area contributed by atoms with Crippen molar-refractivity contribution in [2.24, 2.45) is 0 Å². The van der Waals surface area contributed by atoms with Gasteiger partial charge in [0.15, 0.2) is 0 Å². The molecule has 0 aliphatic carbocycles. The van der Waals surface area contributed by atoms with Gasteiger partial charge in [0.05, 0.1) is 11.1 Å². The number of thioether (sulfide) groups is 1. The van der Waals surface area contributed by atoms with Crippen molar-refractivity contribution in [2.45, 2.75) is 16.8 Å². The van der Waals surface area contributed by atoms with Gasteiger partial charge in [0, 0.05) is 10.5 Å². The van der Waals surface area contributed by atoms with Gasteiger partial charge in [0.1, 0.15) is 6.07 Å². The lowest BCUT2D eigenvalue weighted by Crippen LogP contribution is -2.06. The van der Waals surface area contributed by atoms with Crippen LogP contribution in [-0.2, 0) is 0 Å². The molecular formula is C10H4F5NO2S. The van der Waals surface area contributed by atoms with Gasteiger partial charge in [-0.15, -0.1) is 0 Å². The Kier molecular flexibility index (Phi) is 4.36. The molecule has 1 rings (SSSR count). The summed E-state index contributed by atoms with van der Waals surface area (Å²) >= 11 is -0.804. The van der Waals surface area contributed by atoms with E-state index in [-0.39, 0.29) is 0 Å². The van der Waals surface area contributed by atoms with E-state index < -0.39 is 51.3 Å². The molecule has 0 aromatic heterocycles.